The van der Waals surface area contributed by atoms with Gasteiger partial charge in [0.15, 0.2) is 0 Å². The van der Waals surface area contributed by atoms with Crippen LogP contribution in [0.2, 0.25) is 4.34 Å². The molecule has 4 nitrogen and oxygen atoms in total. The van der Waals surface area contributed by atoms with Gasteiger partial charge in [0.05, 0.1) is 35.4 Å². The number of ether oxygens (including phenoxy) is 2. The molecule has 0 aliphatic carbocycles. The maximum absolute atomic E-state index is 10.0. The Morgan fingerprint density at radius 3 is 2.65 bits per heavy atom. The second-order valence-corrected chi connectivity index (χ2v) is 8.68. The molecule has 0 spiro atoms. The average Bonchev–Trinajstić information content (AvgIpc) is 2.96. The zero-order valence-electron chi connectivity index (χ0n) is 15.0. The van der Waals surface area contributed by atoms with E-state index in [4.69, 9.17) is 21.1 Å². The molecule has 0 bridgehead atoms. The topological polar surface area (TPSA) is 58.9 Å². The lowest BCUT2D eigenvalue weighted by molar-refractivity contribution is -0.112. The van der Waals surface area contributed by atoms with Gasteiger partial charge < -0.3 is 19.7 Å². The van der Waals surface area contributed by atoms with Crippen LogP contribution in [0, 0.1) is 0 Å². The maximum atomic E-state index is 10.0. The Morgan fingerprint density at radius 2 is 2.00 bits per heavy atom. The standard InChI is InChI=1S/C20H25ClO4S/c1-12(2)24-16-5-3-13(4-6-16)7-14-8-19(26-20(14)21)18-10-15(23)9-17(11-22)25-18/h3-6,8,12,15,17-18,22-23H,7,9-11H2,1-2H3. The molecule has 1 aromatic carbocycles. The number of halogens is 1. The van der Waals surface area contributed by atoms with E-state index >= 15 is 0 Å². The van der Waals surface area contributed by atoms with Gasteiger partial charge in [-0.25, -0.2) is 0 Å². The first kappa shape index (κ1) is 19.6. The fourth-order valence-electron chi connectivity index (χ4n) is 3.18. The van der Waals surface area contributed by atoms with E-state index in [1.165, 1.54) is 11.3 Å². The summed E-state index contributed by atoms with van der Waals surface area (Å²) in [6.45, 7) is 3.93. The Bertz CT molecular complexity index is 713. The van der Waals surface area contributed by atoms with Gasteiger partial charge in [-0.15, -0.1) is 11.3 Å². The van der Waals surface area contributed by atoms with E-state index in [1.807, 2.05) is 38.1 Å². The lowest BCUT2D eigenvalue weighted by Crippen LogP contribution is -2.33. The van der Waals surface area contributed by atoms with E-state index in [1.54, 1.807) is 0 Å². The molecule has 1 fully saturated rings. The molecule has 1 aromatic heterocycles. The lowest BCUT2D eigenvalue weighted by Gasteiger charge is -2.31. The molecule has 142 valence electrons. The molecule has 0 saturated carbocycles. The SMILES string of the molecule is CC(C)Oc1ccc(Cc2cc(C3CC(O)CC(CO)O3)sc2Cl)cc1. The molecule has 0 radical (unpaired) electrons. The third kappa shape index (κ3) is 4.99. The normalized spacial score (nSPS) is 23.4. The highest BCUT2D eigenvalue weighted by molar-refractivity contribution is 7.16. The van der Waals surface area contributed by atoms with E-state index in [2.05, 4.69) is 6.07 Å². The summed E-state index contributed by atoms with van der Waals surface area (Å²) < 4.78 is 12.3. The molecule has 3 unspecified atom stereocenters. The molecular formula is C20H25ClO4S. The third-order valence-corrected chi connectivity index (χ3v) is 5.90. The van der Waals surface area contributed by atoms with Crippen LogP contribution in [0.4, 0.5) is 0 Å². The largest absolute Gasteiger partial charge is 0.491 e. The number of aliphatic hydroxyl groups excluding tert-OH is 2. The van der Waals surface area contributed by atoms with Crippen molar-refractivity contribution in [1.82, 2.24) is 0 Å². The summed E-state index contributed by atoms with van der Waals surface area (Å²) in [5.74, 6) is 0.862. The van der Waals surface area contributed by atoms with Gasteiger partial charge in [-0.2, -0.15) is 0 Å². The summed E-state index contributed by atoms with van der Waals surface area (Å²) in [5.41, 5.74) is 2.21. The van der Waals surface area contributed by atoms with Gasteiger partial charge in [0, 0.05) is 17.7 Å². The van der Waals surface area contributed by atoms with Crippen LogP contribution < -0.4 is 4.74 Å². The molecule has 3 rings (SSSR count). The van der Waals surface area contributed by atoms with Crippen LogP contribution in [-0.4, -0.2) is 35.1 Å². The molecule has 2 N–H and O–H groups in total. The molecule has 0 amide bonds. The minimum absolute atomic E-state index is 0.0790. The summed E-state index contributed by atoms with van der Waals surface area (Å²) in [6, 6.07) is 10.1. The molecule has 26 heavy (non-hydrogen) atoms. The predicted octanol–water partition coefficient (Wildman–Crippen LogP) is 4.35. The fourth-order valence-corrected chi connectivity index (χ4v) is 4.52. The second kappa shape index (κ2) is 8.72. The number of hydrogen-bond acceptors (Lipinski definition) is 5. The van der Waals surface area contributed by atoms with Crippen LogP contribution in [0.5, 0.6) is 5.75 Å². The molecule has 1 aliphatic rings. The molecule has 2 heterocycles. The number of benzene rings is 1. The second-order valence-electron chi connectivity index (χ2n) is 6.99. The van der Waals surface area contributed by atoms with Crippen molar-refractivity contribution in [2.45, 2.75) is 57.5 Å². The predicted molar refractivity (Wildman–Crippen MR) is 104 cm³/mol. The Balaban J connectivity index is 1.70. The first-order valence-corrected chi connectivity index (χ1v) is 10.1. The molecule has 1 saturated heterocycles. The van der Waals surface area contributed by atoms with Gasteiger partial charge in [-0.3, -0.25) is 0 Å². The Hall–Kier alpha value is -1.11. The van der Waals surface area contributed by atoms with Crippen LogP contribution in [0.25, 0.3) is 0 Å². The summed E-state index contributed by atoms with van der Waals surface area (Å²) in [4.78, 5) is 1.00. The van der Waals surface area contributed by atoms with E-state index in [-0.39, 0.29) is 24.9 Å². The number of aliphatic hydroxyl groups is 2. The van der Waals surface area contributed by atoms with E-state index in [9.17, 15) is 10.2 Å². The summed E-state index contributed by atoms with van der Waals surface area (Å²) in [6.07, 6.45) is 0.913. The van der Waals surface area contributed by atoms with Crippen molar-refractivity contribution in [2.24, 2.45) is 0 Å². The lowest BCUT2D eigenvalue weighted by atomic mass is 9.99. The van der Waals surface area contributed by atoms with Crippen molar-refractivity contribution in [3.05, 3.63) is 50.7 Å². The van der Waals surface area contributed by atoms with Crippen LogP contribution in [-0.2, 0) is 11.2 Å². The minimum atomic E-state index is -0.455. The Morgan fingerprint density at radius 1 is 1.27 bits per heavy atom. The van der Waals surface area contributed by atoms with Gasteiger partial charge in [-0.1, -0.05) is 23.7 Å². The smallest absolute Gasteiger partial charge is 0.119 e. The molecule has 1 aliphatic heterocycles. The minimum Gasteiger partial charge on any atom is -0.491 e. The molecule has 6 heteroatoms. The van der Waals surface area contributed by atoms with Crippen molar-refractivity contribution >= 4 is 22.9 Å². The highest BCUT2D eigenvalue weighted by atomic mass is 35.5. The number of hydrogen-bond donors (Lipinski definition) is 2. The average molecular weight is 397 g/mol. The van der Waals surface area contributed by atoms with Gasteiger partial charge in [-0.05, 0) is 49.6 Å². The molecular weight excluding hydrogens is 372 g/mol. The van der Waals surface area contributed by atoms with Crippen molar-refractivity contribution in [3.8, 4) is 5.75 Å². The van der Waals surface area contributed by atoms with Crippen molar-refractivity contribution < 1.29 is 19.7 Å². The first-order valence-electron chi connectivity index (χ1n) is 8.92. The number of thiophene rings is 1. The van der Waals surface area contributed by atoms with Crippen molar-refractivity contribution in [3.63, 3.8) is 0 Å². The molecule has 3 atom stereocenters. The van der Waals surface area contributed by atoms with E-state index < -0.39 is 6.10 Å². The monoisotopic (exact) mass is 396 g/mol. The van der Waals surface area contributed by atoms with Gasteiger partial charge in [0.25, 0.3) is 0 Å². The quantitative estimate of drug-likeness (QED) is 0.761. The highest BCUT2D eigenvalue weighted by Gasteiger charge is 2.30. The van der Waals surface area contributed by atoms with Gasteiger partial charge >= 0.3 is 0 Å². The zero-order valence-corrected chi connectivity index (χ0v) is 16.6. The van der Waals surface area contributed by atoms with Gasteiger partial charge in [0.1, 0.15) is 5.75 Å². The van der Waals surface area contributed by atoms with Crippen molar-refractivity contribution in [2.75, 3.05) is 6.61 Å². The zero-order chi connectivity index (χ0) is 18.7. The molecule has 2 aromatic rings. The van der Waals surface area contributed by atoms with Crippen LogP contribution in [0.15, 0.2) is 30.3 Å². The van der Waals surface area contributed by atoms with Crippen LogP contribution in [0.1, 0.15) is 48.8 Å². The Labute approximate surface area is 163 Å². The van der Waals surface area contributed by atoms with Crippen LogP contribution >= 0.6 is 22.9 Å². The van der Waals surface area contributed by atoms with E-state index in [0.29, 0.717) is 12.8 Å². The van der Waals surface area contributed by atoms with Crippen molar-refractivity contribution in [1.29, 1.82) is 0 Å². The fraction of sp³-hybridized carbons (Fsp3) is 0.500. The highest BCUT2D eigenvalue weighted by Crippen LogP contribution is 2.39. The summed E-state index contributed by atoms with van der Waals surface area (Å²) in [7, 11) is 0. The first-order chi connectivity index (χ1) is 12.4. The Kier molecular flexibility index (Phi) is 6.59. The maximum Gasteiger partial charge on any atom is 0.119 e. The summed E-state index contributed by atoms with van der Waals surface area (Å²) in [5, 5.41) is 19.3. The third-order valence-electron chi connectivity index (χ3n) is 4.36. The summed E-state index contributed by atoms with van der Waals surface area (Å²) >= 11 is 7.94. The van der Waals surface area contributed by atoms with E-state index in [0.717, 1.165) is 32.5 Å². The number of rotatable bonds is 6. The van der Waals surface area contributed by atoms with Gasteiger partial charge in [0.2, 0.25) is 0 Å². The van der Waals surface area contributed by atoms with Crippen LogP contribution in [0.3, 0.4) is 0 Å².